The minimum absolute atomic E-state index is 0.00369. The van der Waals surface area contributed by atoms with Gasteiger partial charge in [0.15, 0.2) is 0 Å². The first-order valence-electron chi connectivity index (χ1n) is 6.18. The molecule has 5 heteroatoms. The number of thioether (sulfide) groups is 1. The van der Waals surface area contributed by atoms with Crippen LogP contribution < -0.4 is 11.3 Å². The van der Waals surface area contributed by atoms with Gasteiger partial charge in [-0.3, -0.25) is 11.3 Å². The third-order valence-corrected chi connectivity index (χ3v) is 4.56. The lowest BCUT2D eigenvalue weighted by atomic mass is 9.99. The minimum Gasteiger partial charge on any atom is -0.271 e. The van der Waals surface area contributed by atoms with Crippen LogP contribution in [-0.4, -0.2) is 6.26 Å². The van der Waals surface area contributed by atoms with Crippen molar-refractivity contribution in [3.05, 3.63) is 63.9 Å². The molecule has 0 aliphatic heterocycles. The van der Waals surface area contributed by atoms with Crippen LogP contribution in [0.25, 0.3) is 0 Å². The molecule has 0 saturated carbocycles. The zero-order chi connectivity index (χ0) is 14.5. The van der Waals surface area contributed by atoms with Crippen molar-refractivity contribution in [3.8, 4) is 0 Å². The molecule has 1 atom stereocenters. The van der Waals surface area contributed by atoms with E-state index in [4.69, 9.17) is 5.84 Å². The van der Waals surface area contributed by atoms with Crippen molar-refractivity contribution in [2.75, 3.05) is 6.26 Å². The van der Waals surface area contributed by atoms with Crippen LogP contribution in [-0.2, 0) is 6.42 Å². The van der Waals surface area contributed by atoms with E-state index < -0.39 is 0 Å². The summed E-state index contributed by atoms with van der Waals surface area (Å²) in [5.74, 6) is 5.44. The second kappa shape index (κ2) is 7.22. The highest BCUT2D eigenvalue weighted by atomic mass is 79.9. The fourth-order valence-electron chi connectivity index (χ4n) is 2.12. The molecule has 106 valence electrons. The Morgan fingerprint density at radius 2 is 2.05 bits per heavy atom. The number of rotatable bonds is 5. The van der Waals surface area contributed by atoms with E-state index in [1.54, 1.807) is 23.9 Å². The van der Waals surface area contributed by atoms with E-state index in [1.807, 2.05) is 18.4 Å². The quantitative estimate of drug-likeness (QED) is 0.483. The van der Waals surface area contributed by atoms with Gasteiger partial charge < -0.3 is 0 Å². The Morgan fingerprint density at radius 1 is 1.30 bits per heavy atom. The average Bonchev–Trinajstić information content (AvgIpc) is 2.48. The maximum atomic E-state index is 13.3. The number of hydrazine groups is 1. The minimum atomic E-state index is -0.254. The first kappa shape index (κ1) is 15.5. The lowest BCUT2D eigenvalue weighted by Crippen LogP contribution is -2.30. The third-order valence-electron chi connectivity index (χ3n) is 3.14. The summed E-state index contributed by atoms with van der Waals surface area (Å²) in [5.41, 5.74) is 5.03. The van der Waals surface area contributed by atoms with Gasteiger partial charge in [0.1, 0.15) is 5.82 Å². The van der Waals surface area contributed by atoms with E-state index >= 15 is 0 Å². The Hall–Kier alpha value is -0.880. The highest BCUT2D eigenvalue weighted by Gasteiger charge is 2.14. The van der Waals surface area contributed by atoms with E-state index in [0.717, 1.165) is 11.1 Å². The Labute approximate surface area is 131 Å². The van der Waals surface area contributed by atoms with E-state index in [0.29, 0.717) is 10.9 Å². The molecule has 1 unspecified atom stereocenters. The van der Waals surface area contributed by atoms with Crippen molar-refractivity contribution in [1.29, 1.82) is 0 Å². The molecule has 2 aromatic carbocycles. The first-order valence-corrected chi connectivity index (χ1v) is 8.20. The fraction of sp³-hybridized carbons (Fsp3) is 0.200. The zero-order valence-corrected chi connectivity index (χ0v) is 13.5. The van der Waals surface area contributed by atoms with Crippen LogP contribution in [0.3, 0.4) is 0 Å². The highest BCUT2D eigenvalue weighted by Crippen LogP contribution is 2.28. The lowest BCUT2D eigenvalue weighted by molar-refractivity contribution is 0.543. The summed E-state index contributed by atoms with van der Waals surface area (Å²) in [6.07, 6.45) is 2.74. The summed E-state index contributed by atoms with van der Waals surface area (Å²) in [4.78, 5) is 1.19. The number of nitrogens with one attached hydrogen (secondary N) is 1. The second-order valence-corrected chi connectivity index (χ2v) is 6.12. The van der Waals surface area contributed by atoms with Crippen LogP contribution in [0.2, 0.25) is 0 Å². The number of hydrogen-bond acceptors (Lipinski definition) is 3. The Kier molecular flexibility index (Phi) is 5.60. The van der Waals surface area contributed by atoms with E-state index in [1.165, 1.54) is 11.0 Å². The van der Waals surface area contributed by atoms with Gasteiger partial charge in [0.05, 0.1) is 10.5 Å². The molecule has 0 amide bonds. The standard InChI is InChI=1S/C15H16BrFN2S/c1-20-15-5-3-2-4-11(15)14(19-18)9-10-6-7-13(17)12(16)8-10/h2-8,14,19H,9,18H2,1H3. The number of hydrogen-bond donors (Lipinski definition) is 2. The average molecular weight is 355 g/mol. The van der Waals surface area contributed by atoms with Crippen molar-refractivity contribution < 1.29 is 4.39 Å². The molecule has 0 radical (unpaired) electrons. The molecule has 0 fully saturated rings. The summed E-state index contributed by atoms with van der Waals surface area (Å²) < 4.78 is 13.7. The van der Waals surface area contributed by atoms with E-state index in [2.05, 4.69) is 33.5 Å². The summed E-state index contributed by atoms with van der Waals surface area (Å²) in [6.45, 7) is 0. The van der Waals surface area contributed by atoms with Gasteiger partial charge in [-0.2, -0.15) is 0 Å². The summed E-state index contributed by atoms with van der Waals surface area (Å²) >= 11 is 4.90. The van der Waals surface area contributed by atoms with Gasteiger partial charge in [-0.05, 0) is 57.9 Å². The molecule has 0 aliphatic rings. The van der Waals surface area contributed by atoms with E-state index in [9.17, 15) is 4.39 Å². The van der Waals surface area contributed by atoms with Crippen LogP contribution in [0.1, 0.15) is 17.2 Å². The number of benzene rings is 2. The smallest absolute Gasteiger partial charge is 0.137 e. The van der Waals surface area contributed by atoms with Crippen LogP contribution >= 0.6 is 27.7 Å². The molecule has 0 bridgehead atoms. The molecule has 0 spiro atoms. The second-order valence-electron chi connectivity index (χ2n) is 4.41. The third kappa shape index (κ3) is 3.61. The van der Waals surface area contributed by atoms with Gasteiger partial charge >= 0.3 is 0 Å². The monoisotopic (exact) mass is 354 g/mol. The molecule has 3 N–H and O–H groups in total. The molecule has 2 nitrogen and oxygen atoms in total. The van der Waals surface area contributed by atoms with Crippen LogP contribution in [0.15, 0.2) is 51.8 Å². The van der Waals surface area contributed by atoms with Gasteiger partial charge in [0.2, 0.25) is 0 Å². The van der Waals surface area contributed by atoms with Crippen molar-refractivity contribution in [3.63, 3.8) is 0 Å². The fourth-order valence-corrected chi connectivity index (χ4v) is 3.20. The molecule has 0 aromatic heterocycles. The van der Waals surface area contributed by atoms with E-state index in [-0.39, 0.29) is 11.9 Å². The molecular weight excluding hydrogens is 339 g/mol. The highest BCUT2D eigenvalue weighted by molar-refractivity contribution is 9.10. The van der Waals surface area contributed by atoms with Gasteiger partial charge in [-0.1, -0.05) is 24.3 Å². The topological polar surface area (TPSA) is 38.0 Å². The van der Waals surface area contributed by atoms with Crippen LogP contribution in [0.4, 0.5) is 4.39 Å². The first-order chi connectivity index (χ1) is 9.65. The summed E-state index contributed by atoms with van der Waals surface area (Å²) in [6, 6.07) is 13.2. The Bertz CT molecular complexity index is 592. The molecule has 2 rings (SSSR count). The largest absolute Gasteiger partial charge is 0.271 e. The van der Waals surface area contributed by atoms with Crippen LogP contribution in [0, 0.1) is 5.82 Å². The van der Waals surface area contributed by atoms with Crippen molar-refractivity contribution >= 4 is 27.7 Å². The Morgan fingerprint density at radius 3 is 2.70 bits per heavy atom. The van der Waals surface area contributed by atoms with Crippen molar-refractivity contribution in [1.82, 2.24) is 5.43 Å². The molecule has 2 aromatic rings. The molecule has 0 heterocycles. The molecule has 20 heavy (non-hydrogen) atoms. The van der Waals surface area contributed by atoms with Gasteiger partial charge in [0.25, 0.3) is 0 Å². The zero-order valence-electron chi connectivity index (χ0n) is 11.1. The Balaban J connectivity index is 2.26. The SMILES string of the molecule is CSc1ccccc1C(Cc1ccc(F)c(Br)c1)NN. The van der Waals surface area contributed by atoms with Gasteiger partial charge in [-0.25, -0.2) is 4.39 Å². The number of nitrogens with two attached hydrogens (primary N) is 1. The maximum Gasteiger partial charge on any atom is 0.137 e. The normalized spacial score (nSPS) is 12.4. The lowest BCUT2D eigenvalue weighted by Gasteiger charge is -2.19. The summed E-state index contributed by atoms with van der Waals surface area (Å²) in [7, 11) is 0. The van der Waals surface area contributed by atoms with Crippen molar-refractivity contribution in [2.45, 2.75) is 17.4 Å². The summed E-state index contributed by atoms with van der Waals surface area (Å²) in [5, 5.41) is 0. The predicted molar refractivity (Wildman–Crippen MR) is 86.1 cm³/mol. The van der Waals surface area contributed by atoms with Gasteiger partial charge in [0, 0.05) is 4.90 Å². The van der Waals surface area contributed by atoms with Crippen molar-refractivity contribution in [2.24, 2.45) is 5.84 Å². The molecular formula is C15H16BrFN2S. The molecule has 0 aliphatic carbocycles. The number of halogens is 2. The van der Waals surface area contributed by atoms with Crippen LogP contribution in [0.5, 0.6) is 0 Å². The predicted octanol–water partition coefficient (Wildman–Crippen LogP) is 4.06. The maximum absolute atomic E-state index is 13.3. The molecule has 0 saturated heterocycles. The van der Waals surface area contributed by atoms with Gasteiger partial charge in [-0.15, -0.1) is 11.8 Å².